The lowest BCUT2D eigenvalue weighted by Crippen LogP contribution is -2.26. The van der Waals surface area contributed by atoms with Gasteiger partial charge in [-0.05, 0) is 0 Å². The lowest BCUT2D eigenvalue weighted by molar-refractivity contribution is -0.152. The summed E-state index contributed by atoms with van der Waals surface area (Å²) in [4.78, 5) is 0. The molecule has 4 heteroatoms. The Kier molecular flexibility index (Phi) is 1.68. The van der Waals surface area contributed by atoms with Crippen molar-refractivity contribution in [1.82, 2.24) is 0 Å². The molecular formula is C7H11NO3. The highest BCUT2D eigenvalue weighted by Gasteiger charge is 2.22. The average molecular weight is 157 g/mol. The molecule has 0 aromatic rings. The van der Waals surface area contributed by atoms with E-state index in [-0.39, 0.29) is 11.6 Å². The summed E-state index contributed by atoms with van der Waals surface area (Å²) in [7, 11) is 0. The summed E-state index contributed by atoms with van der Waals surface area (Å²) in [6.07, 6.45) is 2.48. The van der Waals surface area contributed by atoms with E-state index in [2.05, 4.69) is 0 Å². The quantitative estimate of drug-likeness (QED) is 0.550. The molecule has 1 heterocycles. The number of hydrogen-bond donors (Lipinski definition) is 2. The van der Waals surface area contributed by atoms with Crippen LogP contribution in [0.1, 0.15) is 13.8 Å². The second kappa shape index (κ2) is 2.38. The summed E-state index contributed by atoms with van der Waals surface area (Å²) in [5, 5.41) is 8.99. The largest absolute Gasteiger partial charge is 0.505 e. The van der Waals surface area contributed by atoms with Gasteiger partial charge in [0.15, 0.2) is 11.6 Å². The molecule has 0 bridgehead atoms. The van der Waals surface area contributed by atoms with Crippen LogP contribution in [0.2, 0.25) is 0 Å². The minimum atomic E-state index is -0.814. The first-order valence-corrected chi connectivity index (χ1v) is 3.23. The summed E-state index contributed by atoms with van der Waals surface area (Å²) in [6.45, 7) is 3.39. The normalized spacial score (nSPS) is 22.0. The van der Waals surface area contributed by atoms with Gasteiger partial charge >= 0.3 is 0 Å². The molecule has 0 atom stereocenters. The summed E-state index contributed by atoms with van der Waals surface area (Å²) in [6, 6.07) is 0. The number of nitrogens with two attached hydrogens (primary N) is 1. The van der Waals surface area contributed by atoms with Crippen molar-refractivity contribution < 1.29 is 14.6 Å². The number of aliphatic hydroxyl groups excluding tert-OH is 1. The minimum absolute atomic E-state index is 0.0481. The highest BCUT2D eigenvalue weighted by atomic mass is 16.7. The molecular weight excluding hydrogens is 146 g/mol. The van der Waals surface area contributed by atoms with Crippen LogP contribution in [0, 0.1) is 0 Å². The SMILES string of the molecule is CC1(C)OC=C(O)C=C(N)O1. The van der Waals surface area contributed by atoms with E-state index in [1.54, 1.807) is 13.8 Å². The first kappa shape index (κ1) is 7.78. The molecule has 0 aromatic carbocycles. The van der Waals surface area contributed by atoms with Crippen LogP contribution < -0.4 is 5.73 Å². The van der Waals surface area contributed by atoms with Gasteiger partial charge in [0.05, 0.1) is 0 Å². The standard InChI is InChI=1S/C7H11NO3/c1-7(2)10-4-5(9)3-6(8)11-7/h3-4,9H,8H2,1-2H3. The number of hydrogen-bond acceptors (Lipinski definition) is 4. The molecule has 11 heavy (non-hydrogen) atoms. The van der Waals surface area contributed by atoms with Gasteiger partial charge in [-0.15, -0.1) is 0 Å². The fraction of sp³-hybridized carbons (Fsp3) is 0.429. The highest BCUT2D eigenvalue weighted by molar-refractivity contribution is 5.12. The Hall–Kier alpha value is -1.32. The first-order chi connectivity index (χ1) is 4.99. The lowest BCUT2D eigenvalue weighted by Gasteiger charge is -2.23. The molecule has 62 valence electrons. The molecule has 0 aliphatic carbocycles. The van der Waals surface area contributed by atoms with Crippen molar-refractivity contribution in [2.45, 2.75) is 19.6 Å². The van der Waals surface area contributed by atoms with Crippen molar-refractivity contribution in [3.8, 4) is 0 Å². The Bertz CT molecular complexity index is 218. The molecule has 0 aromatic heterocycles. The molecule has 0 radical (unpaired) electrons. The zero-order valence-electron chi connectivity index (χ0n) is 6.50. The predicted octanol–water partition coefficient (Wildman–Crippen LogP) is 0.969. The molecule has 1 aliphatic rings. The number of rotatable bonds is 0. The van der Waals surface area contributed by atoms with Crippen LogP contribution in [0.4, 0.5) is 0 Å². The van der Waals surface area contributed by atoms with Crippen molar-refractivity contribution in [2.24, 2.45) is 5.73 Å². The molecule has 4 nitrogen and oxygen atoms in total. The van der Waals surface area contributed by atoms with Crippen LogP contribution in [-0.2, 0) is 9.47 Å². The molecule has 1 aliphatic heterocycles. The van der Waals surface area contributed by atoms with Gasteiger partial charge < -0.3 is 20.3 Å². The molecule has 0 spiro atoms. The number of ether oxygens (including phenoxy) is 2. The molecule has 0 fully saturated rings. The maximum absolute atomic E-state index is 8.99. The lowest BCUT2D eigenvalue weighted by atomic mass is 10.4. The third-order valence-corrected chi connectivity index (χ3v) is 1.12. The molecule has 3 N–H and O–H groups in total. The zero-order valence-corrected chi connectivity index (χ0v) is 6.50. The van der Waals surface area contributed by atoms with E-state index in [0.717, 1.165) is 0 Å². The number of aliphatic hydroxyl groups is 1. The fourth-order valence-electron chi connectivity index (χ4n) is 0.719. The smallest absolute Gasteiger partial charge is 0.246 e. The highest BCUT2D eigenvalue weighted by Crippen LogP contribution is 2.18. The van der Waals surface area contributed by atoms with Crippen molar-refractivity contribution >= 4 is 0 Å². The van der Waals surface area contributed by atoms with Gasteiger partial charge in [0, 0.05) is 19.9 Å². The van der Waals surface area contributed by atoms with E-state index in [0.29, 0.717) is 0 Å². The van der Waals surface area contributed by atoms with Crippen LogP contribution in [0.15, 0.2) is 24.0 Å². The summed E-state index contributed by atoms with van der Waals surface area (Å²) in [5.74, 6) is -0.722. The third kappa shape index (κ3) is 2.07. The van der Waals surface area contributed by atoms with E-state index in [9.17, 15) is 0 Å². The van der Waals surface area contributed by atoms with Crippen molar-refractivity contribution in [3.63, 3.8) is 0 Å². The van der Waals surface area contributed by atoms with Crippen LogP contribution in [0.3, 0.4) is 0 Å². The summed E-state index contributed by atoms with van der Waals surface area (Å²) < 4.78 is 10.1. The van der Waals surface area contributed by atoms with E-state index < -0.39 is 5.79 Å². The van der Waals surface area contributed by atoms with Crippen molar-refractivity contribution in [2.75, 3.05) is 0 Å². The first-order valence-electron chi connectivity index (χ1n) is 3.23. The Morgan fingerprint density at radius 2 is 2.18 bits per heavy atom. The number of allylic oxidation sites excluding steroid dienone is 1. The molecule has 0 saturated heterocycles. The maximum Gasteiger partial charge on any atom is 0.246 e. The average Bonchev–Trinajstić information content (AvgIpc) is 1.90. The van der Waals surface area contributed by atoms with Crippen molar-refractivity contribution in [1.29, 1.82) is 0 Å². The summed E-state index contributed by atoms with van der Waals surface area (Å²) in [5.41, 5.74) is 5.36. The zero-order chi connectivity index (χ0) is 8.48. The molecule has 1 rings (SSSR count). The molecule has 0 amide bonds. The van der Waals surface area contributed by atoms with Crippen LogP contribution >= 0.6 is 0 Å². The van der Waals surface area contributed by atoms with Gasteiger partial charge in [0.25, 0.3) is 0 Å². The fourth-order valence-corrected chi connectivity index (χ4v) is 0.719. The topological polar surface area (TPSA) is 64.7 Å². The Labute approximate surface area is 64.9 Å². The third-order valence-electron chi connectivity index (χ3n) is 1.12. The van der Waals surface area contributed by atoms with Gasteiger partial charge in [-0.1, -0.05) is 0 Å². The summed E-state index contributed by atoms with van der Waals surface area (Å²) >= 11 is 0. The van der Waals surface area contributed by atoms with E-state index in [1.165, 1.54) is 12.3 Å². The van der Waals surface area contributed by atoms with Gasteiger partial charge in [-0.25, -0.2) is 0 Å². The molecule has 0 unspecified atom stereocenters. The predicted molar refractivity (Wildman–Crippen MR) is 39.2 cm³/mol. The van der Waals surface area contributed by atoms with Gasteiger partial charge in [-0.3, -0.25) is 0 Å². The maximum atomic E-state index is 8.99. The van der Waals surface area contributed by atoms with E-state index in [4.69, 9.17) is 20.3 Å². The Morgan fingerprint density at radius 3 is 2.82 bits per heavy atom. The van der Waals surface area contributed by atoms with Gasteiger partial charge in [-0.2, -0.15) is 0 Å². The van der Waals surface area contributed by atoms with E-state index in [1.807, 2.05) is 0 Å². The molecule has 0 saturated carbocycles. The van der Waals surface area contributed by atoms with Crippen LogP contribution in [0.5, 0.6) is 0 Å². The van der Waals surface area contributed by atoms with Crippen LogP contribution in [-0.4, -0.2) is 10.9 Å². The second-order valence-corrected chi connectivity index (χ2v) is 2.71. The van der Waals surface area contributed by atoms with Crippen LogP contribution in [0.25, 0.3) is 0 Å². The minimum Gasteiger partial charge on any atom is -0.505 e. The monoisotopic (exact) mass is 157 g/mol. The van der Waals surface area contributed by atoms with Gasteiger partial charge in [0.1, 0.15) is 6.26 Å². The Balaban J connectivity index is 2.83. The Morgan fingerprint density at radius 1 is 1.55 bits per heavy atom. The van der Waals surface area contributed by atoms with E-state index >= 15 is 0 Å². The second-order valence-electron chi connectivity index (χ2n) is 2.71. The van der Waals surface area contributed by atoms with Gasteiger partial charge in [0.2, 0.25) is 5.79 Å². The van der Waals surface area contributed by atoms with Crippen molar-refractivity contribution in [3.05, 3.63) is 24.0 Å².